The van der Waals surface area contributed by atoms with Gasteiger partial charge in [0.2, 0.25) is 0 Å². The quantitative estimate of drug-likeness (QED) is 0.467. The summed E-state index contributed by atoms with van der Waals surface area (Å²) in [5.41, 5.74) is -0.0292. The minimum absolute atomic E-state index is 0.0292. The number of ketones is 1. The zero-order valence-electron chi connectivity index (χ0n) is 10.3. The Hall–Kier alpha value is -1.75. The number of benzene rings is 1. The predicted molar refractivity (Wildman–Crippen MR) is 65.5 cm³/mol. The van der Waals surface area contributed by atoms with Crippen LogP contribution >= 0.6 is 11.6 Å². The molecule has 5 nitrogen and oxygen atoms in total. The van der Waals surface area contributed by atoms with E-state index in [0.29, 0.717) is 5.75 Å². The molecule has 0 heterocycles. The second kappa shape index (κ2) is 6.26. The van der Waals surface area contributed by atoms with Crippen LogP contribution in [0.25, 0.3) is 0 Å². The number of hydrogen-bond donors (Lipinski definition) is 0. The molecule has 0 saturated carbocycles. The molecular weight excluding hydrogens is 260 g/mol. The molecule has 0 aromatic heterocycles. The first-order valence-electron chi connectivity index (χ1n) is 5.18. The van der Waals surface area contributed by atoms with Crippen LogP contribution < -0.4 is 9.47 Å². The van der Waals surface area contributed by atoms with Gasteiger partial charge < -0.3 is 14.2 Å². The highest BCUT2D eigenvalue weighted by Gasteiger charge is 2.25. The van der Waals surface area contributed by atoms with E-state index in [1.54, 1.807) is 6.92 Å². The van der Waals surface area contributed by atoms with E-state index in [4.69, 9.17) is 21.1 Å². The van der Waals surface area contributed by atoms with Crippen molar-refractivity contribution < 1.29 is 23.8 Å². The van der Waals surface area contributed by atoms with Crippen LogP contribution in [0.15, 0.2) is 12.1 Å². The van der Waals surface area contributed by atoms with Gasteiger partial charge in [-0.1, -0.05) is 11.6 Å². The van der Waals surface area contributed by atoms with Crippen LogP contribution in [0.1, 0.15) is 17.3 Å². The number of carbonyl (C=O) groups is 2. The Morgan fingerprint density at radius 1 is 1.22 bits per heavy atom. The van der Waals surface area contributed by atoms with Crippen molar-refractivity contribution in [2.75, 3.05) is 20.8 Å². The van der Waals surface area contributed by atoms with Crippen LogP contribution in [0.3, 0.4) is 0 Å². The molecule has 0 radical (unpaired) electrons. The second-order valence-corrected chi connectivity index (χ2v) is 3.64. The Bertz CT molecular complexity index is 470. The third kappa shape index (κ3) is 2.92. The highest BCUT2D eigenvalue weighted by atomic mass is 35.5. The maximum atomic E-state index is 11.9. The maximum Gasteiger partial charge on any atom is 0.379 e. The first-order valence-corrected chi connectivity index (χ1v) is 5.55. The van der Waals surface area contributed by atoms with E-state index < -0.39 is 11.8 Å². The number of esters is 1. The van der Waals surface area contributed by atoms with Crippen molar-refractivity contribution in [2.24, 2.45) is 0 Å². The third-order valence-corrected chi connectivity index (χ3v) is 2.47. The fraction of sp³-hybridized carbons (Fsp3) is 0.333. The van der Waals surface area contributed by atoms with Crippen LogP contribution in [-0.4, -0.2) is 32.6 Å². The van der Waals surface area contributed by atoms with E-state index in [0.717, 1.165) is 0 Å². The number of ether oxygens (including phenoxy) is 3. The van der Waals surface area contributed by atoms with Gasteiger partial charge in [0.1, 0.15) is 11.5 Å². The Labute approximate surface area is 110 Å². The summed E-state index contributed by atoms with van der Waals surface area (Å²) in [5.74, 6) is -1.22. The van der Waals surface area contributed by atoms with Crippen LogP contribution in [0.4, 0.5) is 0 Å². The minimum atomic E-state index is -0.970. The molecule has 1 aromatic rings. The van der Waals surface area contributed by atoms with E-state index in [-0.39, 0.29) is 22.9 Å². The monoisotopic (exact) mass is 272 g/mol. The van der Waals surface area contributed by atoms with Gasteiger partial charge in [-0.25, -0.2) is 4.79 Å². The summed E-state index contributed by atoms with van der Waals surface area (Å²) in [6.07, 6.45) is 0. The lowest BCUT2D eigenvalue weighted by molar-refractivity contribution is -0.137. The second-order valence-electron chi connectivity index (χ2n) is 3.24. The Kier molecular flexibility index (Phi) is 4.97. The number of methoxy groups -OCH3 is 2. The van der Waals surface area contributed by atoms with E-state index in [1.165, 1.54) is 26.4 Å². The summed E-state index contributed by atoms with van der Waals surface area (Å²) in [6.45, 7) is 1.72. The van der Waals surface area contributed by atoms with Crippen molar-refractivity contribution in [3.63, 3.8) is 0 Å². The summed E-state index contributed by atoms with van der Waals surface area (Å²) in [5, 5.41) is 0.0734. The van der Waals surface area contributed by atoms with Crippen LogP contribution in [-0.2, 0) is 9.53 Å². The fourth-order valence-electron chi connectivity index (χ4n) is 1.36. The molecule has 0 unspecified atom stereocenters. The fourth-order valence-corrected chi connectivity index (χ4v) is 1.64. The first kappa shape index (κ1) is 14.3. The van der Waals surface area contributed by atoms with E-state index in [9.17, 15) is 9.59 Å². The molecule has 0 aliphatic heterocycles. The molecule has 0 amide bonds. The number of hydrogen-bond acceptors (Lipinski definition) is 5. The average molecular weight is 273 g/mol. The highest BCUT2D eigenvalue weighted by Crippen LogP contribution is 2.32. The lowest BCUT2D eigenvalue weighted by Gasteiger charge is -2.11. The Morgan fingerprint density at radius 2 is 1.89 bits per heavy atom. The Balaban J connectivity index is 3.23. The molecule has 98 valence electrons. The molecule has 0 N–H and O–H groups in total. The number of halogens is 1. The maximum absolute atomic E-state index is 11.9. The van der Waals surface area contributed by atoms with Crippen LogP contribution in [0.5, 0.6) is 11.5 Å². The standard InChI is InChI=1S/C12H13ClO5/c1-4-18-12(15)11(14)10-8(13)5-7(16-2)6-9(10)17-3/h5-6H,4H2,1-3H3. The van der Waals surface area contributed by atoms with Crippen molar-refractivity contribution >= 4 is 23.4 Å². The molecular formula is C12H13ClO5. The molecule has 1 aromatic carbocycles. The van der Waals surface area contributed by atoms with E-state index >= 15 is 0 Å². The normalized spacial score (nSPS) is 9.78. The van der Waals surface area contributed by atoms with Gasteiger partial charge in [0.05, 0.1) is 31.4 Å². The van der Waals surface area contributed by atoms with Crippen LogP contribution in [0.2, 0.25) is 5.02 Å². The molecule has 18 heavy (non-hydrogen) atoms. The van der Waals surface area contributed by atoms with Gasteiger partial charge in [-0.3, -0.25) is 4.79 Å². The van der Waals surface area contributed by atoms with Crippen molar-refractivity contribution in [2.45, 2.75) is 6.92 Å². The molecule has 0 fully saturated rings. The number of Topliss-reactive ketones (excluding diaryl/α,β-unsaturated/α-hetero) is 1. The first-order chi connectivity index (χ1) is 8.54. The minimum Gasteiger partial charge on any atom is -0.497 e. The molecule has 0 saturated heterocycles. The summed E-state index contributed by atoms with van der Waals surface area (Å²) in [6, 6.07) is 2.90. The molecule has 1 rings (SSSR count). The summed E-state index contributed by atoms with van der Waals surface area (Å²) < 4.78 is 14.6. The van der Waals surface area contributed by atoms with Gasteiger partial charge >= 0.3 is 5.97 Å². The van der Waals surface area contributed by atoms with Gasteiger partial charge in [-0.05, 0) is 13.0 Å². The van der Waals surface area contributed by atoms with E-state index in [2.05, 4.69) is 4.74 Å². The smallest absolute Gasteiger partial charge is 0.379 e. The molecule has 0 bridgehead atoms. The van der Waals surface area contributed by atoms with Crippen LogP contribution in [0, 0.1) is 0 Å². The van der Waals surface area contributed by atoms with Gasteiger partial charge in [0.15, 0.2) is 0 Å². The average Bonchev–Trinajstić information content (AvgIpc) is 2.37. The lowest BCUT2D eigenvalue weighted by atomic mass is 10.1. The van der Waals surface area contributed by atoms with Crippen molar-refractivity contribution in [3.8, 4) is 11.5 Å². The molecule has 6 heteroatoms. The van der Waals surface area contributed by atoms with Gasteiger partial charge in [0, 0.05) is 6.07 Å². The zero-order chi connectivity index (χ0) is 13.7. The largest absolute Gasteiger partial charge is 0.497 e. The zero-order valence-corrected chi connectivity index (χ0v) is 11.0. The molecule has 0 atom stereocenters. The van der Waals surface area contributed by atoms with E-state index in [1.807, 2.05) is 0 Å². The summed E-state index contributed by atoms with van der Waals surface area (Å²) in [4.78, 5) is 23.3. The molecule has 0 aliphatic carbocycles. The van der Waals surface area contributed by atoms with Gasteiger partial charge in [0.25, 0.3) is 5.78 Å². The lowest BCUT2D eigenvalue weighted by Crippen LogP contribution is -2.18. The van der Waals surface area contributed by atoms with Crippen molar-refractivity contribution in [1.29, 1.82) is 0 Å². The summed E-state index contributed by atoms with van der Waals surface area (Å²) >= 11 is 5.94. The number of carbonyl (C=O) groups excluding carboxylic acids is 2. The molecule has 0 aliphatic rings. The highest BCUT2D eigenvalue weighted by molar-refractivity contribution is 6.46. The van der Waals surface area contributed by atoms with Gasteiger partial charge in [-0.15, -0.1) is 0 Å². The topological polar surface area (TPSA) is 61.8 Å². The third-order valence-electron chi connectivity index (χ3n) is 2.17. The number of rotatable bonds is 5. The molecule has 0 spiro atoms. The SMILES string of the molecule is CCOC(=O)C(=O)c1c(Cl)cc(OC)cc1OC. The summed E-state index contributed by atoms with van der Waals surface area (Å²) in [7, 11) is 2.82. The Morgan fingerprint density at radius 3 is 2.39 bits per heavy atom. The van der Waals surface area contributed by atoms with Crippen molar-refractivity contribution in [3.05, 3.63) is 22.7 Å². The predicted octanol–water partition coefficient (Wildman–Crippen LogP) is 2.10. The van der Waals surface area contributed by atoms with Gasteiger partial charge in [-0.2, -0.15) is 0 Å². The van der Waals surface area contributed by atoms with Crippen molar-refractivity contribution in [1.82, 2.24) is 0 Å².